The second-order valence-electron chi connectivity index (χ2n) is 3.76. The van der Waals surface area contributed by atoms with Gasteiger partial charge in [-0.3, -0.25) is 10.1 Å². The summed E-state index contributed by atoms with van der Waals surface area (Å²) in [7, 11) is 1.55. The van der Waals surface area contributed by atoms with Crippen molar-refractivity contribution in [2.75, 3.05) is 13.7 Å². The number of aromatic nitrogens is 3. The molecule has 0 saturated heterocycles. The number of ether oxygens (including phenoxy) is 1. The third-order valence-corrected chi connectivity index (χ3v) is 2.55. The highest BCUT2D eigenvalue weighted by atomic mass is 19.1. The summed E-state index contributed by atoms with van der Waals surface area (Å²) in [6.45, 7) is 0.868. The Balaban J connectivity index is 2.47. The standard InChI is InChI=1S/C11H11FN4O3/c1-19-5-4-15-7-13-14-11(15)9-3-2-8(12)6-10(9)16(17)18/h2-3,6-7H,4-5H2,1H3. The molecule has 1 aromatic heterocycles. The summed E-state index contributed by atoms with van der Waals surface area (Å²) in [5.74, 6) is -0.359. The van der Waals surface area contributed by atoms with Crippen molar-refractivity contribution in [1.29, 1.82) is 0 Å². The fourth-order valence-electron chi connectivity index (χ4n) is 1.66. The molecule has 0 atom stereocenters. The van der Waals surface area contributed by atoms with Gasteiger partial charge in [-0.2, -0.15) is 0 Å². The molecule has 0 amide bonds. The van der Waals surface area contributed by atoms with Crippen molar-refractivity contribution >= 4 is 5.69 Å². The summed E-state index contributed by atoms with van der Waals surface area (Å²) in [5, 5.41) is 18.5. The van der Waals surface area contributed by atoms with Crippen molar-refractivity contribution in [2.24, 2.45) is 0 Å². The van der Waals surface area contributed by atoms with E-state index >= 15 is 0 Å². The van der Waals surface area contributed by atoms with Gasteiger partial charge >= 0.3 is 0 Å². The minimum absolute atomic E-state index is 0.222. The molecular formula is C11H11FN4O3. The van der Waals surface area contributed by atoms with E-state index in [-0.39, 0.29) is 11.3 Å². The van der Waals surface area contributed by atoms with E-state index in [0.29, 0.717) is 19.0 Å². The van der Waals surface area contributed by atoms with Gasteiger partial charge in [0.1, 0.15) is 12.1 Å². The van der Waals surface area contributed by atoms with Crippen molar-refractivity contribution in [1.82, 2.24) is 14.8 Å². The van der Waals surface area contributed by atoms with Crippen LogP contribution in [-0.2, 0) is 11.3 Å². The van der Waals surface area contributed by atoms with Crippen LogP contribution in [0.15, 0.2) is 24.5 Å². The normalized spacial score (nSPS) is 10.6. The molecule has 2 aromatic rings. The number of nitro benzene ring substituents is 1. The summed E-state index contributed by atoms with van der Waals surface area (Å²) in [4.78, 5) is 10.3. The molecule has 0 saturated carbocycles. The number of halogens is 1. The third kappa shape index (κ3) is 2.74. The van der Waals surface area contributed by atoms with Crippen LogP contribution in [0.1, 0.15) is 0 Å². The van der Waals surface area contributed by atoms with Crippen LogP contribution in [0, 0.1) is 15.9 Å². The van der Waals surface area contributed by atoms with Crippen molar-refractivity contribution in [3.8, 4) is 11.4 Å². The molecule has 1 aromatic carbocycles. The Bertz CT molecular complexity index is 599. The van der Waals surface area contributed by atoms with E-state index in [4.69, 9.17) is 4.74 Å². The van der Waals surface area contributed by atoms with Gasteiger partial charge in [0.15, 0.2) is 5.82 Å². The maximum atomic E-state index is 13.1. The quantitative estimate of drug-likeness (QED) is 0.606. The predicted molar refractivity (Wildman–Crippen MR) is 63.9 cm³/mol. The number of hydrogen-bond donors (Lipinski definition) is 0. The van der Waals surface area contributed by atoms with Crippen LogP contribution in [-0.4, -0.2) is 33.4 Å². The highest BCUT2D eigenvalue weighted by Gasteiger charge is 2.20. The lowest BCUT2D eigenvalue weighted by molar-refractivity contribution is -0.384. The van der Waals surface area contributed by atoms with Crippen LogP contribution >= 0.6 is 0 Å². The van der Waals surface area contributed by atoms with Crippen molar-refractivity contribution in [3.05, 3.63) is 40.5 Å². The van der Waals surface area contributed by atoms with Crippen molar-refractivity contribution < 1.29 is 14.1 Å². The Kier molecular flexibility index (Phi) is 3.81. The summed E-state index contributed by atoms with van der Waals surface area (Å²) in [6, 6.07) is 3.34. The monoisotopic (exact) mass is 266 g/mol. The third-order valence-electron chi connectivity index (χ3n) is 2.55. The second-order valence-corrected chi connectivity index (χ2v) is 3.76. The molecule has 8 heteroatoms. The Hall–Kier alpha value is -2.35. The number of benzene rings is 1. The molecule has 1 heterocycles. The van der Waals surface area contributed by atoms with Gasteiger partial charge in [0, 0.05) is 13.7 Å². The average molecular weight is 266 g/mol. The molecule has 0 aliphatic heterocycles. The van der Waals surface area contributed by atoms with Crippen LogP contribution in [0.2, 0.25) is 0 Å². The van der Waals surface area contributed by atoms with E-state index in [1.807, 2.05) is 0 Å². The molecule has 0 unspecified atom stereocenters. The Morgan fingerprint density at radius 2 is 2.32 bits per heavy atom. The molecular weight excluding hydrogens is 255 g/mol. The first-order chi connectivity index (χ1) is 9.13. The minimum atomic E-state index is -0.668. The van der Waals surface area contributed by atoms with E-state index in [2.05, 4.69) is 10.2 Å². The SMILES string of the molecule is COCCn1cnnc1-c1ccc(F)cc1[N+](=O)[O-]. The molecule has 0 spiro atoms. The van der Waals surface area contributed by atoms with E-state index in [9.17, 15) is 14.5 Å². The lowest BCUT2D eigenvalue weighted by Crippen LogP contribution is -2.06. The Labute approximate surface area is 107 Å². The van der Waals surface area contributed by atoms with Crippen LogP contribution in [0.4, 0.5) is 10.1 Å². The molecule has 0 fully saturated rings. The molecule has 19 heavy (non-hydrogen) atoms. The van der Waals surface area contributed by atoms with Gasteiger partial charge in [-0.05, 0) is 12.1 Å². The molecule has 2 rings (SSSR count). The number of nitrogens with zero attached hydrogens (tertiary/aromatic N) is 4. The summed E-state index contributed by atoms with van der Waals surface area (Å²) in [5.41, 5.74) is -0.119. The molecule has 0 radical (unpaired) electrons. The maximum absolute atomic E-state index is 13.1. The lowest BCUT2D eigenvalue weighted by Gasteiger charge is -2.06. The van der Waals surface area contributed by atoms with Crippen LogP contribution in [0.25, 0.3) is 11.4 Å². The average Bonchev–Trinajstić information content (AvgIpc) is 2.84. The van der Waals surface area contributed by atoms with Gasteiger partial charge in [-0.15, -0.1) is 10.2 Å². The van der Waals surface area contributed by atoms with Crippen LogP contribution < -0.4 is 0 Å². The fraction of sp³-hybridized carbons (Fsp3) is 0.273. The van der Waals surface area contributed by atoms with Gasteiger partial charge < -0.3 is 9.30 Å². The van der Waals surface area contributed by atoms with Gasteiger partial charge in [-0.25, -0.2) is 4.39 Å². The first kappa shape index (κ1) is 13.1. The zero-order valence-electron chi connectivity index (χ0n) is 10.1. The van der Waals surface area contributed by atoms with E-state index < -0.39 is 10.7 Å². The van der Waals surface area contributed by atoms with Gasteiger partial charge in [0.05, 0.1) is 23.2 Å². The van der Waals surface area contributed by atoms with Crippen molar-refractivity contribution in [2.45, 2.75) is 6.54 Å². The minimum Gasteiger partial charge on any atom is -0.383 e. The molecule has 0 bridgehead atoms. The van der Waals surface area contributed by atoms with Gasteiger partial charge in [0.2, 0.25) is 0 Å². The maximum Gasteiger partial charge on any atom is 0.283 e. The second kappa shape index (κ2) is 5.53. The highest BCUT2D eigenvalue weighted by molar-refractivity contribution is 5.67. The first-order valence-electron chi connectivity index (χ1n) is 5.44. The molecule has 0 aliphatic carbocycles. The number of rotatable bonds is 5. The van der Waals surface area contributed by atoms with Gasteiger partial charge in [0.25, 0.3) is 5.69 Å². The topological polar surface area (TPSA) is 83.1 Å². The number of nitro groups is 1. The Morgan fingerprint density at radius 3 is 3.00 bits per heavy atom. The van der Waals surface area contributed by atoms with Gasteiger partial charge in [-0.1, -0.05) is 0 Å². The number of hydrogen-bond acceptors (Lipinski definition) is 5. The zero-order chi connectivity index (χ0) is 13.8. The summed E-state index contributed by atoms with van der Waals surface area (Å²) >= 11 is 0. The van der Waals surface area contributed by atoms with Crippen LogP contribution in [0.5, 0.6) is 0 Å². The van der Waals surface area contributed by atoms with Crippen molar-refractivity contribution in [3.63, 3.8) is 0 Å². The highest BCUT2D eigenvalue weighted by Crippen LogP contribution is 2.28. The summed E-state index contributed by atoms with van der Waals surface area (Å²) in [6.07, 6.45) is 1.45. The zero-order valence-corrected chi connectivity index (χ0v) is 10.1. The lowest BCUT2D eigenvalue weighted by atomic mass is 10.1. The molecule has 100 valence electrons. The largest absolute Gasteiger partial charge is 0.383 e. The first-order valence-corrected chi connectivity index (χ1v) is 5.44. The summed E-state index contributed by atoms with van der Waals surface area (Å²) < 4.78 is 19.6. The molecule has 7 nitrogen and oxygen atoms in total. The Morgan fingerprint density at radius 1 is 1.53 bits per heavy atom. The van der Waals surface area contributed by atoms with Crippen LogP contribution in [0.3, 0.4) is 0 Å². The molecule has 0 N–H and O–H groups in total. The van der Waals surface area contributed by atoms with E-state index in [1.54, 1.807) is 11.7 Å². The number of methoxy groups -OCH3 is 1. The molecule has 0 aliphatic rings. The fourth-order valence-corrected chi connectivity index (χ4v) is 1.66. The van der Waals surface area contributed by atoms with E-state index in [0.717, 1.165) is 12.1 Å². The predicted octanol–water partition coefficient (Wildman–Crippen LogP) is 1.64. The van der Waals surface area contributed by atoms with E-state index in [1.165, 1.54) is 12.4 Å². The smallest absolute Gasteiger partial charge is 0.283 e.